The number of fused-ring (bicyclic) bond motifs is 2. The van der Waals surface area contributed by atoms with Crippen molar-refractivity contribution in [2.24, 2.45) is 0 Å². The summed E-state index contributed by atoms with van der Waals surface area (Å²) < 4.78 is 2.55. The van der Waals surface area contributed by atoms with Crippen LogP contribution in [0.2, 0.25) is 0 Å². The van der Waals surface area contributed by atoms with Crippen molar-refractivity contribution >= 4 is 44.5 Å². The van der Waals surface area contributed by atoms with Gasteiger partial charge >= 0.3 is 0 Å². The van der Waals surface area contributed by atoms with Crippen molar-refractivity contribution in [3.05, 3.63) is 91.8 Å². The Morgan fingerprint density at radius 2 is 1.82 bits per heavy atom. The second-order valence-electron chi connectivity index (χ2n) is 8.21. The lowest BCUT2D eigenvalue weighted by atomic mass is 9.95. The molecule has 0 fully saturated rings. The molecular formula is C26H22BrN3O2S. The van der Waals surface area contributed by atoms with Gasteiger partial charge in [-0.05, 0) is 68.0 Å². The molecule has 0 N–H and O–H groups in total. The maximum atomic E-state index is 13.7. The smallest absolute Gasteiger partial charge is 0.268 e. The molecule has 0 bridgehead atoms. The topological polar surface area (TPSA) is 64.8 Å². The van der Waals surface area contributed by atoms with E-state index in [0.717, 1.165) is 52.7 Å². The van der Waals surface area contributed by atoms with Crippen LogP contribution in [-0.2, 0) is 12.8 Å². The summed E-state index contributed by atoms with van der Waals surface area (Å²) >= 11 is 4.67. The second kappa shape index (κ2) is 9.23. The van der Waals surface area contributed by atoms with E-state index in [1.807, 2.05) is 49.4 Å². The summed E-state index contributed by atoms with van der Waals surface area (Å²) in [5, 5.41) is 1.01. The van der Waals surface area contributed by atoms with Gasteiger partial charge in [-0.3, -0.25) is 14.2 Å². The Kier molecular flexibility index (Phi) is 6.17. The number of Topliss-reactive ketones (excluding diaryl/α,β-unsaturated/α-hetero) is 1. The molecule has 5 rings (SSSR count). The van der Waals surface area contributed by atoms with Crippen molar-refractivity contribution in [2.75, 3.05) is 5.75 Å². The average molecular weight is 520 g/mol. The predicted molar refractivity (Wildman–Crippen MR) is 136 cm³/mol. The summed E-state index contributed by atoms with van der Waals surface area (Å²) in [5.41, 5.74) is 4.87. The summed E-state index contributed by atoms with van der Waals surface area (Å²) in [6.07, 6.45) is 4.08. The number of pyridine rings is 1. The highest BCUT2D eigenvalue weighted by Gasteiger charge is 2.20. The van der Waals surface area contributed by atoms with E-state index in [1.54, 1.807) is 16.7 Å². The fraction of sp³-hybridized carbons (Fsp3) is 0.231. The van der Waals surface area contributed by atoms with Crippen LogP contribution in [0.15, 0.2) is 69.0 Å². The number of hydrogen-bond donors (Lipinski definition) is 0. The van der Waals surface area contributed by atoms with Crippen LogP contribution in [0, 0.1) is 6.92 Å². The molecule has 0 spiro atoms. The molecule has 1 aliphatic carbocycles. The Hall–Kier alpha value is -2.77. The number of carbonyl (C=O) groups is 1. The van der Waals surface area contributed by atoms with Crippen molar-refractivity contribution in [1.82, 2.24) is 14.5 Å². The summed E-state index contributed by atoms with van der Waals surface area (Å²) in [5.74, 6) is 0.160. The fourth-order valence-electron chi connectivity index (χ4n) is 4.19. The van der Waals surface area contributed by atoms with Gasteiger partial charge in [0, 0.05) is 15.7 Å². The van der Waals surface area contributed by atoms with Crippen molar-refractivity contribution in [3.8, 4) is 5.69 Å². The molecule has 2 heterocycles. The molecule has 0 aliphatic heterocycles. The highest BCUT2D eigenvalue weighted by molar-refractivity contribution is 9.10. The zero-order chi connectivity index (χ0) is 22.9. The molecule has 4 aromatic rings. The van der Waals surface area contributed by atoms with Gasteiger partial charge in [0.1, 0.15) is 0 Å². The molecule has 0 unspecified atom stereocenters. The molecule has 7 heteroatoms. The van der Waals surface area contributed by atoms with Gasteiger partial charge in [0.25, 0.3) is 5.56 Å². The Labute approximate surface area is 204 Å². The van der Waals surface area contributed by atoms with Crippen LogP contribution < -0.4 is 5.56 Å². The first-order valence-electron chi connectivity index (χ1n) is 10.9. The standard InChI is InChI=1S/C26H22BrN3O2S/c1-16-6-2-5-9-22(16)30-25(32)20-14-18-7-3-4-8-21(18)28-24(20)29-26(30)33-15-23(31)17-10-12-19(27)13-11-17/h2,5-6,9-14H,3-4,7-8,15H2,1H3. The van der Waals surface area contributed by atoms with Gasteiger partial charge in [-0.1, -0.05) is 58.0 Å². The van der Waals surface area contributed by atoms with Gasteiger partial charge in [0.15, 0.2) is 16.6 Å². The highest BCUT2D eigenvalue weighted by Crippen LogP contribution is 2.26. The molecule has 0 radical (unpaired) electrons. The molecular weight excluding hydrogens is 498 g/mol. The van der Waals surface area contributed by atoms with Crippen LogP contribution in [0.25, 0.3) is 16.7 Å². The monoisotopic (exact) mass is 519 g/mol. The number of ketones is 1. The summed E-state index contributed by atoms with van der Waals surface area (Å²) in [7, 11) is 0. The Balaban J connectivity index is 1.61. The van der Waals surface area contributed by atoms with Gasteiger partial charge in [0.05, 0.1) is 16.8 Å². The number of carbonyl (C=O) groups excluding carboxylic acids is 1. The number of rotatable bonds is 5. The lowest BCUT2D eigenvalue weighted by Crippen LogP contribution is -2.24. The molecule has 0 saturated carbocycles. The number of thioether (sulfide) groups is 1. The summed E-state index contributed by atoms with van der Waals surface area (Å²) in [4.78, 5) is 36.1. The third kappa shape index (κ3) is 4.39. The van der Waals surface area contributed by atoms with Crippen LogP contribution in [0.4, 0.5) is 0 Å². The normalized spacial score (nSPS) is 13.2. The molecule has 0 atom stereocenters. The zero-order valence-corrected chi connectivity index (χ0v) is 20.6. The predicted octanol–water partition coefficient (Wildman–Crippen LogP) is 5.71. The van der Waals surface area contributed by atoms with Crippen molar-refractivity contribution in [3.63, 3.8) is 0 Å². The maximum Gasteiger partial charge on any atom is 0.268 e. The highest BCUT2D eigenvalue weighted by atomic mass is 79.9. The number of nitrogens with zero attached hydrogens (tertiary/aromatic N) is 3. The van der Waals surface area contributed by atoms with Crippen molar-refractivity contribution in [2.45, 2.75) is 37.8 Å². The van der Waals surface area contributed by atoms with Crippen LogP contribution >= 0.6 is 27.7 Å². The first-order chi connectivity index (χ1) is 16.0. The molecule has 0 amide bonds. The first-order valence-corrected chi connectivity index (χ1v) is 12.7. The maximum absolute atomic E-state index is 13.7. The van der Waals surface area contributed by atoms with E-state index >= 15 is 0 Å². The van der Waals surface area contributed by atoms with Crippen LogP contribution in [-0.4, -0.2) is 26.1 Å². The molecule has 166 valence electrons. The van der Waals surface area contributed by atoms with Crippen molar-refractivity contribution < 1.29 is 4.79 Å². The lowest BCUT2D eigenvalue weighted by Gasteiger charge is -2.18. The Bertz CT molecular complexity index is 1430. The van der Waals surface area contributed by atoms with Gasteiger partial charge in [0.2, 0.25) is 0 Å². The third-order valence-corrected chi connectivity index (χ3v) is 7.43. The Morgan fingerprint density at radius 3 is 2.61 bits per heavy atom. The average Bonchev–Trinajstić information content (AvgIpc) is 2.83. The molecule has 2 aromatic carbocycles. The molecule has 2 aromatic heterocycles. The second-order valence-corrected chi connectivity index (χ2v) is 10.1. The number of aryl methyl sites for hydroxylation is 3. The molecule has 5 nitrogen and oxygen atoms in total. The number of para-hydroxylation sites is 1. The van der Waals surface area contributed by atoms with E-state index in [9.17, 15) is 9.59 Å². The largest absolute Gasteiger partial charge is 0.293 e. The van der Waals surface area contributed by atoms with Gasteiger partial charge in [-0.2, -0.15) is 0 Å². The van der Waals surface area contributed by atoms with Gasteiger partial charge < -0.3 is 0 Å². The quantitative estimate of drug-likeness (QED) is 0.192. The molecule has 0 saturated heterocycles. The summed E-state index contributed by atoms with van der Waals surface area (Å²) in [6.45, 7) is 1.97. The van der Waals surface area contributed by atoms with Crippen molar-refractivity contribution in [1.29, 1.82) is 0 Å². The van der Waals surface area contributed by atoms with Gasteiger partial charge in [-0.25, -0.2) is 9.97 Å². The van der Waals surface area contributed by atoms with E-state index in [1.165, 1.54) is 11.8 Å². The fourth-order valence-corrected chi connectivity index (χ4v) is 5.34. The van der Waals surface area contributed by atoms with Crippen LogP contribution in [0.1, 0.15) is 40.0 Å². The minimum atomic E-state index is -0.145. The van der Waals surface area contributed by atoms with E-state index in [-0.39, 0.29) is 17.1 Å². The van der Waals surface area contributed by atoms with E-state index < -0.39 is 0 Å². The minimum Gasteiger partial charge on any atom is -0.293 e. The first kappa shape index (κ1) is 22.0. The third-order valence-electron chi connectivity index (χ3n) is 5.96. The number of aromatic nitrogens is 3. The minimum absolute atomic E-state index is 0.0171. The van der Waals surface area contributed by atoms with E-state index in [4.69, 9.17) is 9.97 Å². The van der Waals surface area contributed by atoms with E-state index in [2.05, 4.69) is 15.9 Å². The van der Waals surface area contributed by atoms with Crippen LogP contribution in [0.3, 0.4) is 0 Å². The lowest BCUT2D eigenvalue weighted by molar-refractivity contribution is 0.102. The molecule has 33 heavy (non-hydrogen) atoms. The Morgan fingerprint density at radius 1 is 1.06 bits per heavy atom. The van der Waals surface area contributed by atoms with Gasteiger partial charge in [-0.15, -0.1) is 0 Å². The number of hydrogen-bond acceptors (Lipinski definition) is 5. The molecule has 1 aliphatic rings. The van der Waals surface area contributed by atoms with Crippen LogP contribution in [0.5, 0.6) is 0 Å². The zero-order valence-electron chi connectivity index (χ0n) is 18.2. The summed E-state index contributed by atoms with van der Waals surface area (Å²) in [6, 6.07) is 17.0. The van der Waals surface area contributed by atoms with E-state index in [0.29, 0.717) is 21.8 Å². The number of benzene rings is 2. The number of halogens is 1. The SMILES string of the molecule is Cc1ccccc1-n1c(SCC(=O)c2ccc(Br)cc2)nc2nc3c(cc2c1=O)CCCC3.